The molecule has 0 atom stereocenters. The lowest BCUT2D eigenvalue weighted by atomic mass is 10.2. The van der Waals surface area contributed by atoms with E-state index < -0.39 is 11.8 Å². The number of para-hydroxylation sites is 2. The molecule has 8 heteroatoms. The molecular formula is C16H14N4O4. The molecule has 4 N–H and O–H groups in total. The highest BCUT2D eigenvalue weighted by molar-refractivity contribution is 6.35. The van der Waals surface area contributed by atoms with Gasteiger partial charge in [-0.3, -0.25) is 9.59 Å². The first kappa shape index (κ1) is 16.7. The van der Waals surface area contributed by atoms with Crippen molar-refractivity contribution in [2.24, 2.45) is 10.2 Å². The van der Waals surface area contributed by atoms with E-state index in [1.54, 1.807) is 36.4 Å². The second-order valence-electron chi connectivity index (χ2n) is 4.52. The number of nitrogens with zero attached hydrogens (tertiary/aromatic N) is 2. The number of phenols is 2. The molecule has 2 rings (SSSR count). The Balaban J connectivity index is 1.85. The van der Waals surface area contributed by atoms with Crippen LogP contribution in [-0.2, 0) is 9.59 Å². The third kappa shape index (κ3) is 4.67. The highest BCUT2D eigenvalue weighted by Crippen LogP contribution is 2.13. The summed E-state index contributed by atoms with van der Waals surface area (Å²) in [4.78, 5) is 23.0. The third-order valence-corrected chi connectivity index (χ3v) is 2.82. The van der Waals surface area contributed by atoms with Gasteiger partial charge in [-0.05, 0) is 24.3 Å². The zero-order valence-electron chi connectivity index (χ0n) is 12.4. The summed E-state index contributed by atoms with van der Waals surface area (Å²) < 4.78 is 0. The van der Waals surface area contributed by atoms with E-state index >= 15 is 0 Å². The first-order chi connectivity index (χ1) is 11.6. The highest BCUT2D eigenvalue weighted by Gasteiger charge is 2.11. The lowest BCUT2D eigenvalue weighted by molar-refractivity contribution is -0.139. The van der Waals surface area contributed by atoms with Crippen LogP contribution in [0.2, 0.25) is 0 Å². The summed E-state index contributed by atoms with van der Waals surface area (Å²) in [6, 6.07) is 12.7. The minimum atomic E-state index is -1.03. The van der Waals surface area contributed by atoms with E-state index in [1.807, 2.05) is 10.9 Å². The number of amides is 2. The van der Waals surface area contributed by atoms with Crippen molar-refractivity contribution in [1.82, 2.24) is 10.9 Å². The van der Waals surface area contributed by atoms with Crippen LogP contribution in [0.1, 0.15) is 11.1 Å². The monoisotopic (exact) mass is 326 g/mol. The van der Waals surface area contributed by atoms with Crippen LogP contribution in [0.25, 0.3) is 0 Å². The summed E-state index contributed by atoms with van der Waals surface area (Å²) in [5.74, 6) is -2.08. The lowest BCUT2D eigenvalue weighted by Gasteiger charge is -2.00. The van der Waals surface area contributed by atoms with E-state index in [0.29, 0.717) is 11.1 Å². The molecule has 0 aliphatic heterocycles. The quantitative estimate of drug-likeness (QED) is 0.375. The van der Waals surface area contributed by atoms with Gasteiger partial charge >= 0.3 is 11.8 Å². The minimum absolute atomic E-state index is 0.00720. The predicted molar refractivity (Wildman–Crippen MR) is 87.7 cm³/mol. The van der Waals surface area contributed by atoms with Crippen LogP contribution in [0, 0.1) is 0 Å². The van der Waals surface area contributed by atoms with E-state index in [4.69, 9.17) is 0 Å². The molecule has 0 saturated heterocycles. The number of hydrazone groups is 2. The standard InChI is InChI=1S/C16H14N4O4/c21-13-7-3-1-5-11(13)9-17-19-15(23)16(24)20-18-10-12-6-2-4-8-14(12)22/h1-10,21-22H,(H,19,23)(H,20,24)/b17-9-,18-10+. The Morgan fingerprint density at radius 3 is 1.50 bits per heavy atom. The molecule has 24 heavy (non-hydrogen) atoms. The highest BCUT2D eigenvalue weighted by atomic mass is 16.3. The van der Waals surface area contributed by atoms with Crippen molar-refractivity contribution in [3.63, 3.8) is 0 Å². The van der Waals surface area contributed by atoms with Gasteiger partial charge in [-0.2, -0.15) is 10.2 Å². The van der Waals surface area contributed by atoms with E-state index in [1.165, 1.54) is 24.6 Å². The van der Waals surface area contributed by atoms with E-state index in [9.17, 15) is 19.8 Å². The van der Waals surface area contributed by atoms with Gasteiger partial charge in [0.25, 0.3) is 0 Å². The Morgan fingerprint density at radius 1 is 0.750 bits per heavy atom. The summed E-state index contributed by atoms with van der Waals surface area (Å²) in [5, 5.41) is 26.2. The maximum Gasteiger partial charge on any atom is 0.331 e. The van der Waals surface area contributed by atoms with Gasteiger partial charge in [0.05, 0.1) is 12.4 Å². The van der Waals surface area contributed by atoms with Crippen molar-refractivity contribution < 1.29 is 19.8 Å². The van der Waals surface area contributed by atoms with Crippen molar-refractivity contribution in [2.45, 2.75) is 0 Å². The topological polar surface area (TPSA) is 123 Å². The van der Waals surface area contributed by atoms with Gasteiger partial charge in [-0.15, -0.1) is 0 Å². The number of nitrogens with one attached hydrogen (secondary N) is 2. The third-order valence-electron chi connectivity index (χ3n) is 2.82. The van der Waals surface area contributed by atoms with E-state index in [2.05, 4.69) is 10.2 Å². The molecule has 0 spiro atoms. The van der Waals surface area contributed by atoms with E-state index in [0.717, 1.165) is 0 Å². The number of carbonyl (C=O) groups is 2. The van der Waals surface area contributed by atoms with Gasteiger partial charge in [0.2, 0.25) is 0 Å². The van der Waals surface area contributed by atoms with Crippen molar-refractivity contribution >= 4 is 24.2 Å². The van der Waals surface area contributed by atoms with Crippen molar-refractivity contribution in [3.05, 3.63) is 59.7 Å². The fourth-order valence-corrected chi connectivity index (χ4v) is 1.62. The van der Waals surface area contributed by atoms with Gasteiger partial charge in [0.1, 0.15) is 11.5 Å². The molecule has 0 aromatic heterocycles. The summed E-state index contributed by atoms with van der Waals surface area (Å²) in [7, 11) is 0. The Morgan fingerprint density at radius 2 is 1.12 bits per heavy atom. The molecule has 2 amide bonds. The first-order valence-corrected chi connectivity index (χ1v) is 6.80. The molecule has 0 fully saturated rings. The average molecular weight is 326 g/mol. The van der Waals surface area contributed by atoms with Crippen LogP contribution in [0.4, 0.5) is 0 Å². The number of carbonyl (C=O) groups excluding carboxylic acids is 2. The maximum absolute atomic E-state index is 11.5. The van der Waals surface area contributed by atoms with Gasteiger partial charge in [0, 0.05) is 11.1 Å². The number of aromatic hydroxyl groups is 2. The molecule has 0 unspecified atom stereocenters. The molecule has 122 valence electrons. The summed E-state index contributed by atoms with van der Waals surface area (Å²) in [6.07, 6.45) is 2.40. The SMILES string of the molecule is O=C(N/N=C\c1ccccc1O)C(=O)N/N=C/c1ccccc1O. The fraction of sp³-hybridized carbons (Fsp3) is 0. The second-order valence-corrected chi connectivity index (χ2v) is 4.52. The van der Waals surface area contributed by atoms with Gasteiger partial charge in [0.15, 0.2) is 0 Å². The molecular weight excluding hydrogens is 312 g/mol. The van der Waals surface area contributed by atoms with Crippen molar-refractivity contribution in [2.75, 3.05) is 0 Å². The molecule has 0 bridgehead atoms. The van der Waals surface area contributed by atoms with E-state index in [-0.39, 0.29) is 11.5 Å². The molecule has 0 saturated carbocycles. The fourth-order valence-electron chi connectivity index (χ4n) is 1.62. The number of benzene rings is 2. The zero-order chi connectivity index (χ0) is 17.4. The first-order valence-electron chi connectivity index (χ1n) is 6.80. The maximum atomic E-state index is 11.5. The Kier molecular flexibility index (Phi) is 5.62. The molecule has 0 heterocycles. The molecule has 8 nitrogen and oxygen atoms in total. The van der Waals surface area contributed by atoms with Gasteiger partial charge < -0.3 is 10.2 Å². The largest absolute Gasteiger partial charge is 0.507 e. The predicted octanol–water partition coefficient (Wildman–Crippen LogP) is 0.698. The smallest absolute Gasteiger partial charge is 0.331 e. The Hall–Kier alpha value is -3.68. The minimum Gasteiger partial charge on any atom is -0.507 e. The zero-order valence-corrected chi connectivity index (χ0v) is 12.4. The molecule has 0 aliphatic carbocycles. The number of rotatable bonds is 4. The average Bonchev–Trinajstić information content (AvgIpc) is 2.58. The summed E-state index contributed by atoms with van der Waals surface area (Å²) in [6.45, 7) is 0. The number of hydrogen-bond acceptors (Lipinski definition) is 6. The Labute approximate surface area is 137 Å². The van der Waals surface area contributed by atoms with Crippen LogP contribution >= 0.6 is 0 Å². The number of hydrogen-bond donors (Lipinski definition) is 4. The lowest BCUT2D eigenvalue weighted by Crippen LogP contribution is -2.35. The number of phenolic OH excluding ortho intramolecular Hbond substituents is 2. The second kappa shape index (κ2) is 8.08. The summed E-state index contributed by atoms with van der Waals surface area (Å²) in [5.41, 5.74) is 4.77. The van der Waals surface area contributed by atoms with Crippen LogP contribution in [0.15, 0.2) is 58.7 Å². The molecule has 0 radical (unpaired) electrons. The van der Waals surface area contributed by atoms with Crippen LogP contribution in [-0.4, -0.2) is 34.5 Å². The Bertz CT molecular complexity index is 735. The van der Waals surface area contributed by atoms with Gasteiger partial charge in [-0.1, -0.05) is 24.3 Å². The van der Waals surface area contributed by atoms with Crippen molar-refractivity contribution in [3.8, 4) is 11.5 Å². The van der Waals surface area contributed by atoms with Crippen LogP contribution in [0.3, 0.4) is 0 Å². The van der Waals surface area contributed by atoms with Gasteiger partial charge in [-0.25, -0.2) is 10.9 Å². The summed E-state index contributed by atoms with van der Waals surface area (Å²) >= 11 is 0. The van der Waals surface area contributed by atoms with Crippen LogP contribution in [0.5, 0.6) is 11.5 Å². The molecule has 2 aromatic rings. The van der Waals surface area contributed by atoms with Crippen molar-refractivity contribution in [1.29, 1.82) is 0 Å². The normalized spacial score (nSPS) is 10.8. The molecule has 2 aromatic carbocycles. The van der Waals surface area contributed by atoms with Crippen LogP contribution < -0.4 is 10.9 Å². The molecule has 0 aliphatic rings.